The second kappa shape index (κ2) is 7.11. The summed E-state index contributed by atoms with van der Waals surface area (Å²) in [5.41, 5.74) is 1.61. The molecule has 0 bridgehead atoms. The lowest BCUT2D eigenvalue weighted by molar-refractivity contribution is -0.123. The maximum absolute atomic E-state index is 11.8. The molecule has 0 fully saturated rings. The predicted octanol–water partition coefficient (Wildman–Crippen LogP) is 2.81. The summed E-state index contributed by atoms with van der Waals surface area (Å²) < 4.78 is 5.38. The normalized spacial score (nSPS) is 11.2. The van der Waals surface area contributed by atoms with Gasteiger partial charge in [0.2, 0.25) is 0 Å². The van der Waals surface area contributed by atoms with Crippen LogP contribution in [-0.4, -0.2) is 12.5 Å². The third-order valence-electron chi connectivity index (χ3n) is 3.03. The van der Waals surface area contributed by atoms with E-state index in [-0.39, 0.29) is 18.6 Å². The fraction of sp³-hybridized carbons (Fsp3) is 0.176. The van der Waals surface area contributed by atoms with E-state index in [2.05, 4.69) is 5.32 Å². The number of nitrogens with one attached hydrogen (secondary N) is 1. The van der Waals surface area contributed by atoms with E-state index in [1.54, 1.807) is 24.3 Å². The van der Waals surface area contributed by atoms with Crippen LogP contribution in [0, 0.1) is 11.3 Å². The SMILES string of the molecule is C[C@H](NC(=O)COc1ccc(C#N)cc1)c1ccccc1. The van der Waals surface area contributed by atoms with Gasteiger partial charge in [-0.2, -0.15) is 5.26 Å². The molecule has 0 aromatic heterocycles. The van der Waals surface area contributed by atoms with Crippen molar-refractivity contribution in [2.75, 3.05) is 6.61 Å². The summed E-state index contributed by atoms with van der Waals surface area (Å²) in [5.74, 6) is 0.382. The highest BCUT2D eigenvalue weighted by Gasteiger charge is 2.09. The van der Waals surface area contributed by atoms with Gasteiger partial charge in [0.1, 0.15) is 5.75 Å². The van der Waals surface area contributed by atoms with Crippen molar-refractivity contribution in [1.29, 1.82) is 5.26 Å². The Morgan fingerprint density at radius 1 is 1.19 bits per heavy atom. The molecule has 0 aliphatic heterocycles. The van der Waals surface area contributed by atoms with Crippen LogP contribution in [-0.2, 0) is 4.79 Å². The first kappa shape index (κ1) is 14.6. The van der Waals surface area contributed by atoms with Crippen molar-refractivity contribution in [2.24, 2.45) is 0 Å². The highest BCUT2D eigenvalue weighted by Crippen LogP contribution is 2.13. The lowest BCUT2D eigenvalue weighted by atomic mass is 10.1. The fourth-order valence-electron chi connectivity index (χ4n) is 1.88. The van der Waals surface area contributed by atoms with Gasteiger partial charge in [-0.25, -0.2) is 0 Å². The molecule has 0 saturated carbocycles. The van der Waals surface area contributed by atoms with Crippen LogP contribution in [0.15, 0.2) is 54.6 Å². The van der Waals surface area contributed by atoms with E-state index in [0.717, 1.165) is 5.56 Å². The van der Waals surface area contributed by atoms with Crippen molar-refractivity contribution >= 4 is 5.91 Å². The van der Waals surface area contributed by atoms with Crippen molar-refractivity contribution in [3.05, 3.63) is 65.7 Å². The summed E-state index contributed by atoms with van der Waals surface area (Å²) in [5, 5.41) is 11.6. The monoisotopic (exact) mass is 280 g/mol. The topological polar surface area (TPSA) is 62.1 Å². The first-order chi connectivity index (χ1) is 10.2. The summed E-state index contributed by atoms with van der Waals surface area (Å²) in [6, 6.07) is 18.4. The highest BCUT2D eigenvalue weighted by molar-refractivity contribution is 5.78. The molecule has 0 radical (unpaired) electrons. The van der Waals surface area contributed by atoms with E-state index in [4.69, 9.17) is 10.00 Å². The van der Waals surface area contributed by atoms with Crippen molar-refractivity contribution < 1.29 is 9.53 Å². The lowest BCUT2D eigenvalue weighted by Gasteiger charge is -2.14. The number of hydrogen-bond acceptors (Lipinski definition) is 3. The summed E-state index contributed by atoms with van der Waals surface area (Å²) >= 11 is 0. The molecule has 0 saturated heterocycles. The Labute approximate surface area is 124 Å². The largest absolute Gasteiger partial charge is 0.484 e. The van der Waals surface area contributed by atoms with Crippen LogP contribution in [0.4, 0.5) is 0 Å². The van der Waals surface area contributed by atoms with E-state index in [1.165, 1.54) is 0 Å². The first-order valence-corrected chi connectivity index (χ1v) is 6.66. The second-order valence-corrected chi connectivity index (χ2v) is 4.62. The molecule has 2 aromatic carbocycles. The smallest absolute Gasteiger partial charge is 0.258 e. The molecule has 0 spiro atoms. The van der Waals surface area contributed by atoms with Gasteiger partial charge in [-0.3, -0.25) is 4.79 Å². The Morgan fingerprint density at radius 3 is 2.48 bits per heavy atom. The number of carbonyl (C=O) groups excluding carboxylic acids is 1. The molecule has 2 aromatic rings. The molecule has 21 heavy (non-hydrogen) atoms. The molecule has 1 N–H and O–H groups in total. The van der Waals surface area contributed by atoms with Gasteiger partial charge in [0, 0.05) is 0 Å². The van der Waals surface area contributed by atoms with Crippen molar-refractivity contribution in [3.8, 4) is 11.8 Å². The zero-order valence-corrected chi connectivity index (χ0v) is 11.7. The van der Waals surface area contributed by atoms with Gasteiger partial charge < -0.3 is 10.1 Å². The minimum absolute atomic E-state index is 0.0525. The van der Waals surface area contributed by atoms with Gasteiger partial charge in [0.25, 0.3) is 5.91 Å². The molecule has 2 rings (SSSR count). The van der Waals surface area contributed by atoms with E-state index < -0.39 is 0 Å². The van der Waals surface area contributed by atoms with Gasteiger partial charge in [-0.15, -0.1) is 0 Å². The second-order valence-electron chi connectivity index (χ2n) is 4.62. The number of nitrogens with zero attached hydrogens (tertiary/aromatic N) is 1. The van der Waals surface area contributed by atoms with Crippen LogP contribution < -0.4 is 10.1 Å². The zero-order valence-electron chi connectivity index (χ0n) is 11.7. The third-order valence-corrected chi connectivity index (χ3v) is 3.03. The maximum Gasteiger partial charge on any atom is 0.258 e. The summed E-state index contributed by atoms with van der Waals surface area (Å²) in [6.45, 7) is 1.87. The fourth-order valence-corrected chi connectivity index (χ4v) is 1.88. The molecular weight excluding hydrogens is 264 g/mol. The summed E-state index contributed by atoms with van der Waals surface area (Å²) in [7, 11) is 0. The lowest BCUT2D eigenvalue weighted by Crippen LogP contribution is -2.31. The van der Waals surface area contributed by atoms with Crippen LogP contribution in [0.3, 0.4) is 0 Å². The van der Waals surface area contributed by atoms with Gasteiger partial charge in [-0.05, 0) is 36.8 Å². The molecule has 1 amide bonds. The van der Waals surface area contributed by atoms with Crippen molar-refractivity contribution in [1.82, 2.24) is 5.32 Å². The molecular formula is C17H16N2O2. The molecule has 0 heterocycles. The van der Waals surface area contributed by atoms with Crippen LogP contribution in [0.25, 0.3) is 0 Å². The van der Waals surface area contributed by atoms with Gasteiger partial charge in [-0.1, -0.05) is 30.3 Å². The van der Waals surface area contributed by atoms with E-state index in [1.807, 2.05) is 43.3 Å². The molecule has 0 aliphatic rings. The number of carbonyl (C=O) groups is 1. The van der Waals surface area contributed by atoms with Crippen LogP contribution in [0.2, 0.25) is 0 Å². The standard InChI is InChI=1S/C17H16N2O2/c1-13(15-5-3-2-4-6-15)19-17(20)12-21-16-9-7-14(11-18)8-10-16/h2-10,13H,12H2,1H3,(H,19,20)/t13-/m0/s1. The Morgan fingerprint density at radius 2 is 1.86 bits per heavy atom. The summed E-state index contributed by atoms with van der Waals surface area (Å²) in [6.07, 6.45) is 0. The van der Waals surface area contributed by atoms with Crippen LogP contribution >= 0.6 is 0 Å². The Bertz CT molecular complexity index is 630. The molecule has 4 nitrogen and oxygen atoms in total. The Balaban J connectivity index is 1.83. The molecule has 0 unspecified atom stereocenters. The Kier molecular flexibility index (Phi) is 4.94. The molecule has 1 atom stereocenters. The number of amides is 1. The van der Waals surface area contributed by atoms with Crippen LogP contribution in [0.5, 0.6) is 5.75 Å². The number of hydrogen-bond donors (Lipinski definition) is 1. The Hall–Kier alpha value is -2.80. The molecule has 0 aliphatic carbocycles. The van der Waals surface area contributed by atoms with E-state index in [9.17, 15) is 4.79 Å². The number of ether oxygens (including phenoxy) is 1. The van der Waals surface area contributed by atoms with E-state index in [0.29, 0.717) is 11.3 Å². The van der Waals surface area contributed by atoms with Gasteiger partial charge in [0.15, 0.2) is 6.61 Å². The zero-order chi connectivity index (χ0) is 15.1. The number of nitriles is 1. The quantitative estimate of drug-likeness (QED) is 0.916. The van der Waals surface area contributed by atoms with Crippen molar-refractivity contribution in [3.63, 3.8) is 0 Å². The predicted molar refractivity (Wildman–Crippen MR) is 79.7 cm³/mol. The minimum atomic E-state index is -0.185. The maximum atomic E-state index is 11.8. The number of rotatable bonds is 5. The first-order valence-electron chi connectivity index (χ1n) is 6.66. The minimum Gasteiger partial charge on any atom is -0.484 e. The van der Waals surface area contributed by atoms with Gasteiger partial charge in [0.05, 0.1) is 17.7 Å². The average Bonchev–Trinajstić information content (AvgIpc) is 2.54. The van der Waals surface area contributed by atoms with E-state index >= 15 is 0 Å². The van der Waals surface area contributed by atoms with Gasteiger partial charge >= 0.3 is 0 Å². The third kappa shape index (κ3) is 4.36. The number of benzene rings is 2. The van der Waals surface area contributed by atoms with Crippen molar-refractivity contribution in [2.45, 2.75) is 13.0 Å². The molecule has 106 valence electrons. The molecule has 4 heteroatoms. The highest BCUT2D eigenvalue weighted by atomic mass is 16.5. The van der Waals surface area contributed by atoms with Crippen LogP contribution in [0.1, 0.15) is 24.1 Å². The summed E-state index contributed by atoms with van der Waals surface area (Å²) in [4.78, 5) is 11.8. The average molecular weight is 280 g/mol.